The standard InChI is InChI=1S/C14H12Cl2O/c1-10-12(15)7-8-13(14(10)16)17-9-11-5-3-2-4-6-11/h2-8H,9H2,1H3. The van der Waals surface area contributed by atoms with E-state index in [-0.39, 0.29) is 0 Å². The molecule has 17 heavy (non-hydrogen) atoms. The van der Waals surface area contributed by atoms with Gasteiger partial charge >= 0.3 is 0 Å². The Hall–Kier alpha value is -1.18. The summed E-state index contributed by atoms with van der Waals surface area (Å²) in [4.78, 5) is 0. The summed E-state index contributed by atoms with van der Waals surface area (Å²) < 4.78 is 5.67. The SMILES string of the molecule is Cc1c(Cl)ccc(OCc2ccccc2)c1Cl. The van der Waals surface area contributed by atoms with Gasteiger partial charge in [-0.05, 0) is 30.2 Å². The van der Waals surface area contributed by atoms with E-state index in [4.69, 9.17) is 27.9 Å². The van der Waals surface area contributed by atoms with Crippen LogP contribution in [0.4, 0.5) is 0 Å². The summed E-state index contributed by atoms with van der Waals surface area (Å²) in [7, 11) is 0. The summed E-state index contributed by atoms with van der Waals surface area (Å²) in [5.41, 5.74) is 1.95. The van der Waals surface area contributed by atoms with Crippen LogP contribution in [0.5, 0.6) is 5.75 Å². The molecule has 0 spiro atoms. The molecule has 0 aliphatic heterocycles. The van der Waals surface area contributed by atoms with E-state index in [1.54, 1.807) is 12.1 Å². The molecule has 2 aromatic rings. The van der Waals surface area contributed by atoms with Crippen molar-refractivity contribution in [3.8, 4) is 5.75 Å². The van der Waals surface area contributed by atoms with Crippen LogP contribution < -0.4 is 4.74 Å². The second-order valence-electron chi connectivity index (χ2n) is 3.76. The second kappa shape index (κ2) is 5.44. The molecule has 3 heteroatoms. The van der Waals surface area contributed by atoms with Crippen LogP contribution in [0.3, 0.4) is 0 Å². The van der Waals surface area contributed by atoms with Crippen LogP contribution in [0.1, 0.15) is 11.1 Å². The molecule has 0 bridgehead atoms. The molecular formula is C14H12Cl2O. The molecule has 2 aromatic carbocycles. The largest absolute Gasteiger partial charge is 0.487 e. The molecule has 0 saturated carbocycles. The van der Waals surface area contributed by atoms with Crippen LogP contribution in [0.25, 0.3) is 0 Å². The van der Waals surface area contributed by atoms with Gasteiger partial charge in [0.2, 0.25) is 0 Å². The fourth-order valence-electron chi connectivity index (χ4n) is 1.48. The first-order valence-electron chi connectivity index (χ1n) is 5.30. The quantitative estimate of drug-likeness (QED) is 0.770. The zero-order valence-electron chi connectivity index (χ0n) is 9.41. The summed E-state index contributed by atoms with van der Waals surface area (Å²) in [6, 6.07) is 13.5. The van der Waals surface area contributed by atoms with Gasteiger partial charge in [0.15, 0.2) is 0 Å². The highest BCUT2D eigenvalue weighted by atomic mass is 35.5. The first-order valence-corrected chi connectivity index (χ1v) is 6.05. The maximum atomic E-state index is 6.16. The average molecular weight is 267 g/mol. The lowest BCUT2D eigenvalue weighted by Gasteiger charge is -2.10. The van der Waals surface area contributed by atoms with Crippen LogP contribution in [0.15, 0.2) is 42.5 Å². The average Bonchev–Trinajstić information content (AvgIpc) is 2.36. The number of hydrogen-bond donors (Lipinski definition) is 0. The van der Waals surface area contributed by atoms with Gasteiger partial charge in [-0.15, -0.1) is 0 Å². The molecule has 0 amide bonds. The second-order valence-corrected chi connectivity index (χ2v) is 4.54. The highest BCUT2D eigenvalue weighted by Gasteiger charge is 2.07. The molecule has 0 aliphatic rings. The summed E-state index contributed by atoms with van der Waals surface area (Å²) in [5, 5.41) is 1.23. The van der Waals surface area contributed by atoms with Crippen LogP contribution in [0.2, 0.25) is 10.0 Å². The number of hydrogen-bond acceptors (Lipinski definition) is 1. The minimum Gasteiger partial charge on any atom is -0.487 e. The third kappa shape index (κ3) is 2.93. The van der Waals surface area contributed by atoms with Crippen molar-refractivity contribution in [2.45, 2.75) is 13.5 Å². The highest BCUT2D eigenvalue weighted by Crippen LogP contribution is 2.32. The van der Waals surface area contributed by atoms with E-state index >= 15 is 0 Å². The van der Waals surface area contributed by atoms with Gasteiger partial charge in [-0.25, -0.2) is 0 Å². The molecule has 0 N–H and O–H groups in total. The molecule has 0 atom stereocenters. The van der Waals surface area contributed by atoms with Gasteiger partial charge in [-0.1, -0.05) is 53.5 Å². The Labute approximate surface area is 111 Å². The van der Waals surface area contributed by atoms with Gasteiger partial charge in [-0.3, -0.25) is 0 Å². The molecule has 2 rings (SSSR count). The van der Waals surface area contributed by atoms with E-state index in [1.165, 1.54) is 0 Å². The van der Waals surface area contributed by atoms with Crippen LogP contribution in [-0.2, 0) is 6.61 Å². The van der Waals surface area contributed by atoms with Crippen molar-refractivity contribution in [1.82, 2.24) is 0 Å². The van der Waals surface area contributed by atoms with Crippen molar-refractivity contribution in [3.63, 3.8) is 0 Å². The molecule has 0 fully saturated rings. The monoisotopic (exact) mass is 266 g/mol. The Kier molecular flexibility index (Phi) is 3.93. The van der Waals surface area contributed by atoms with Gasteiger partial charge in [0.05, 0.1) is 5.02 Å². The summed E-state index contributed by atoms with van der Waals surface area (Å²) in [6.07, 6.45) is 0. The number of ether oxygens (including phenoxy) is 1. The summed E-state index contributed by atoms with van der Waals surface area (Å²) in [5.74, 6) is 0.664. The van der Waals surface area contributed by atoms with Gasteiger partial charge in [-0.2, -0.15) is 0 Å². The van der Waals surface area contributed by atoms with E-state index in [0.717, 1.165) is 11.1 Å². The van der Waals surface area contributed by atoms with Crippen LogP contribution in [0, 0.1) is 6.92 Å². The van der Waals surface area contributed by atoms with Crippen LogP contribution >= 0.6 is 23.2 Å². The van der Waals surface area contributed by atoms with Gasteiger partial charge in [0.25, 0.3) is 0 Å². The lowest BCUT2D eigenvalue weighted by molar-refractivity contribution is 0.306. The Bertz CT molecular complexity index is 509. The summed E-state index contributed by atoms with van der Waals surface area (Å²) in [6.45, 7) is 2.38. The lowest BCUT2D eigenvalue weighted by atomic mass is 10.2. The predicted molar refractivity (Wildman–Crippen MR) is 72.0 cm³/mol. The first-order chi connectivity index (χ1) is 8.18. The van der Waals surface area contributed by atoms with E-state index < -0.39 is 0 Å². The maximum Gasteiger partial charge on any atom is 0.138 e. The Morgan fingerprint density at radius 3 is 2.41 bits per heavy atom. The highest BCUT2D eigenvalue weighted by molar-refractivity contribution is 6.36. The predicted octanol–water partition coefficient (Wildman–Crippen LogP) is 4.88. The van der Waals surface area contributed by atoms with E-state index in [9.17, 15) is 0 Å². The lowest BCUT2D eigenvalue weighted by Crippen LogP contribution is -1.96. The molecule has 0 heterocycles. The zero-order valence-corrected chi connectivity index (χ0v) is 10.9. The smallest absolute Gasteiger partial charge is 0.138 e. The van der Waals surface area contributed by atoms with Gasteiger partial charge in [0, 0.05) is 5.02 Å². The van der Waals surface area contributed by atoms with E-state index in [1.807, 2.05) is 37.3 Å². The minimum atomic E-state index is 0.502. The molecule has 0 unspecified atom stereocenters. The van der Waals surface area contributed by atoms with Gasteiger partial charge in [0.1, 0.15) is 12.4 Å². The molecule has 0 saturated heterocycles. The van der Waals surface area contributed by atoms with Crippen molar-refractivity contribution in [2.24, 2.45) is 0 Å². The first kappa shape index (κ1) is 12.3. The fourth-order valence-corrected chi connectivity index (χ4v) is 1.91. The Morgan fingerprint density at radius 1 is 1.00 bits per heavy atom. The van der Waals surface area contributed by atoms with Crippen LogP contribution in [-0.4, -0.2) is 0 Å². The number of benzene rings is 2. The minimum absolute atomic E-state index is 0.502. The molecule has 1 nitrogen and oxygen atoms in total. The Balaban J connectivity index is 2.13. The zero-order chi connectivity index (χ0) is 12.3. The number of rotatable bonds is 3. The molecule has 0 aliphatic carbocycles. The molecular weight excluding hydrogens is 255 g/mol. The van der Waals surface area contributed by atoms with Crippen molar-refractivity contribution in [2.75, 3.05) is 0 Å². The van der Waals surface area contributed by atoms with Crippen molar-refractivity contribution >= 4 is 23.2 Å². The fraction of sp³-hybridized carbons (Fsp3) is 0.143. The normalized spacial score (nSPS) is 10.3. The summed E-state index contributed by atoms with van der Waals surface area (Å²) >= 11 is 12.1. The van der Waals surface area contributed by atoms with E-state index in [2.05, 4.69) is 0 Å². The topological polar surface area (TPSA) is 9.23 Å². The third-order valence-electron chi connectivity index (χ3n) is 2.52. The third-order valence-corrected chi connectivity index (χ3v) is 3.40. The maximum absolute atomic E-state index is 6.16. The van der Waals surface area contributed by atoms with Crippen molar-refractivity contribution in [1.29, 1.82) is 0 Å². The number of halogens is 2. The Morgan fingerprint density at radius 2 is 1.71 bits per heavy atom. The van der Waals surface area contributed by atoms with E-state index in [0.29, 0.717) is 22.4 Å². The van der Waals surface area contributed by atoms with Crippen molar-refractivity contribution in [3.05, 3.63) is 63.6 Å². The van der Waals surface area contributed by atoms with Crippen molar-refractivity contribution < 1.29 is 4.74 Å². The molecule has 88 valence electrons. The molecule has 0 radical (unpaired) electrons. The van der Waals surface area contributed by atoms with Gasteiger partial charge < -0.3 is 4.74 Å². The molecule has 0 aromatic heterocycles.